The Morgan fingerprint density at radius 2 is 2.13 bits per heavy atom. The molecule has 0 amide bonds. The number of hydrogen-bond acceptors (Lipinski definition) is 6. The predicted octanol–water partition coefficient (Wildman–Crippen LogP) is 2.07. The van der Waals surface area contributed by atoms with E-state index in [1.807, 2.05) is 24.3 Å². The summed E-state index contributed by atoms with van der Waals surface area (Å²) >= 11 is 0. The first-order chi connectivity index (χ1) is 14.5. The SMILES string of the molecule is COc1ccc(Cn2nnc3cc(-c4ccnc5[n+]4C(C)(O)CN5)ccc32)cc1F. The van der Waals surface area contributed by atoms with Crippen LogP contribution in [0.3, 0.4) is 0 Å². The largest absolute Gasteiger partial charge is 0.494 e. The van der Waals surface area contributed by atoms with Crippen molar-refractivity contribution in [3.05, 3.63) is 60.0 Å². The van der Waals surface area contributed by atoms with Gasteiger partial charge in [0, 0.05) is 18.6 Å². The Morgan fingerprint density at radius 3 is 2.93 bits per heavy atom. The van der Waals surface area contributed by atoms with Crippen LogP contribution in [0.25, 0.3) is 22.3 Å². The molecule has 0 radical (unpaired) electrons. The molecule has 1 atom stereocenters. The first-order valence-electron chi connectivity index (χ1n) is 9.50. The number of anilines is 1. The lowest BCUT2D eigenvalue weighted by atomic mass is 10.1. The monoisotopic (exact) mass is 407 g/mol. The number of β-amino-alcohol motifs (C(OH)–C–C–N with tert-alkyl or cyclic N) is 1. The molecule has 152 valence electrons. The van der Waals surface area contributed by atoms with Gasteiger partial charge in [0.25, 0.3) is 0 Å². The maximum Gasteiger partial charge on any atom is 0.394 e. The highest BCUT2D eigenvalue weighted by molar-refractivity contribution is 5.80. The number of aromatic nitrogens is 5. The van der Waals surface area contributed by atoms with Crippen molar-refractivity contribution in [3.8, 4) is 17.0 Å². The number of methoxy groups -OCH3 is 1. The Bertz CT molecular complexity index is 1270. The van der Waals surface area contributed by atoms with Gasteiger partial charge in [-0.15, -0.1) is 5.10 Å². The van der Waals surface area contributed by atoms with E-state index in [1.54, 1.807) is 34.5 Å². The van der Waals surface area contributed by atoms with Crippen molar-refractivity contribution in [2.75, 3.05) is 19.0 Å². The summed E-state index contributed by atoms with van der Waals surface area (Å²) in [5, 5.41) is 22.3. The fourth-order valence-corrected chi connectivity index (χ4v) is 3.82. The lowest BCUT2D eigenvalue weighted by molar-refractivity contribution is -0.770. The summed E-state index contributed by atoms with van der Waals surface area (Å²) < 4.78 is 22.5. The number of hydrogen-bond donors (Lipinski definition) is 2. The predicted molar refractivity (Wildman–Crippen MR) is 107 cm³/mol. The van der Waals surface area contributed by atoms with Crippen LogP contribution < -0.4 is 14.6 Å². The summed E-state index contributed by atoms with van der Waals surface area (Å²) in [6, 6.07) is 12.5. The second kappa shape index (κ2) is 6.74. The van der Waals surface area contributed by atoms with Gasteiger partial charge in [-0.05, 0) is 35.9 Å². The molecule has 2 aromatic heterocycles. The summed E-state index contributed by atoms with van der Waals surface area (Å²) in [7, 11) is 1.44. The highest BCUT2D eigenvalue weighted by atomic mass is 19.1. The maximum absolute atomic E-state index is 14.0. The summed E-state index contributed by atoms with van der Waals surface area (Å²) in [5.74, 6) is 0.410. The van der Waals surface area contributed by atoms with E-state index in [2.05, 4.69) is 20.6 Å². The molecule has 0 spiro atoms. The maximum atomic E-state index is 14.0. The minimum Gasteiger partial charge on any atom is -0.494 e. The molecule has 1 unspecified atom stereocenters. The van der Waals surface area contributed by atoms with Crippen molar-refractivity contribution in [2.24, 2.45) is 0 Å². The average molecular weight is 407 g/mol. The molecule has 8 nitrogen and oxygen atoms in total. The molecule has 2 N–H and O–H groups in total. The Hall–Kier alpha value is -3.59. The van der Waals surface area contributed by atoms with Crippen LogP contribution in [0.5, 0.6) is 5.75 Å². The topological polar surface area (TPSA) is 89.0 Å². The zero-order valence-electron chi connectivity index (χ0n) is 16.5. The lowest BCUT2D eigenvalue weighted by Gasteiger charge is -2.17. The molecule has 9 heteroatoms. The third-order valence-electron chi connectivity index (χ3n) is 5.30. The zero-order valence-corrected chi connectivity index (χ0v) is 16.5. The van der Waals surface area contributed by atoms with Gasteiger partial charge in [0.15, 0.2) is 11.6 Å². The molecule has 2 aromatic carbocycles. The van der Waals surface area contributed by atoms with Gasteiger partial charge in [-0.25, -0.2) is 9.07 Å². The van der Waals surface area contributed by atoms with Gasteiger partial charge in [-0.2, -0.15) is 4.57 Å². The molecular formula is C21H20FN6O2+. The van der Waals surface area contributed by atoms with Crippen LogP contribution in [-0.2, 0) is 12.3 Å². The van der Waals surface area contributed by atoms with Crippen molar-refractivity contribution in [1.29, 1.82) is 0 Å². The van der Waals surface area contributed by atoms with Gasteiger partial charge in [0.05, 0.1) is 19.2 Å². The number of halogens is 1. The van der Waals surface area contributed by atoms with Crippen molar-refractivity contribution < 1.29 is 18.8 Å². The average Bonchev–Trinajstić information content (AvgIpc) is 3.28. The normalized spacial score (nSPS) is 17.7. The lowest BCUT2D eigenvalue weighted by Crippen LogP contribution is -2.54. The smallest absolute Gasteiger partial charge is 0.394 e. The molecule has 0 saturated heterocycles. The van der Waals surface area contributed by atoms with E-state index < -0.39 is 11.5 Å². The standard InChI is InChI=1S/C21H19FN6O2/c1-21(29)12-24-20-23-8-7-17(28(20)21)14-4-5-18-16(10-14)25-26-27(18)11-13-3-6-19(30-2)15(22)9-13/h3-10,29H,11-12H2,1-2H3/p+1. The third kappa shape index (κ3) is 2.94. The van der Waals surface area contributed by atoms with Gasteiger partial charge in [0.2, 0.25) is 5.72 Å². The Morgan fingerprint density at radius 1 is 1.27 bits per heavy atom. The number of nitrogens with one attached hydrogen (secondary N) is 1. The van der Waals surface area contributed by atoms with Gasteiger partial charge >= 0.3 is 5.95 Å². The Kier molecular flexibility index (Phi) is 4.14. The van der Waals surface area contributed by atoms with Gasteiger partial charge < -0.3 is 9.84 Å². The number of rotatable bonds is 4. The van der Waals surface area contributed by atoms with Crippen LogP contribution in [0.4, 0.5) is 10.3 Å². The first kappa shape index (κ1) is 18.4. The minimum absolute atomic E-state index is 0.208. The Balaban J connectivity index is 1.51. The van der Waals surface area contributed by atoms with Crippen molar-refractivity contribution in [3.63, 3.8) is 0 Å². The molecular weight excluding hydrogens is 387 g/mol. The van der Waals surface area contributed by atoms with Crippen LogP contribution >= 0.6 is 0 Å². The number of fused-ring (bicyclic) bond motifs is 2. The zero-order chi connectivity index (χ0) is 20.9. The number of ether oxygens (including phenoxy) is 1. The third-order valence-corrected chi connectivity index (χ3v) is 5.30. The molecule has 5 rings (SSSR count). The quantitative estimate of drug-likeness (QED) is 0.504. The summed E-state index contributed by atoms with van der Waals surface area (Å²) in [4.78, 5) is 4.29. The number of aliphatic hydroxyl groups is 1. The second-order valence-corrected chi connectivity index (χ2v) is 7.48. The van der Waals surface area contributed by atoms with Gasteiger partial charge in [-0.3, -0.25) is 5.32 Å². The molecule has 0 saturated carbocycles. The van der Waals surface area contributed by atoms with Crippen LogP contribution in [0, 0.1) is 5.82 Å². The summed E-state index contributed by atoms with van der Waals surface area (Å²) in [6.07, 6.45) is 1.70. The van der Waals surface area contributed by atoms with E-state index >= 15 is 0 Å². The molecule has 0 fully saturated rings. The van der Waals surface area contributed by atoms with Crippen LogP contribution in [0.2, 0.25) is 0 Å². The fourth-order valence-electron chi connectivity index (χ4n) is 3.82. The van der Waals surface area contributed by atoms with Crippen molar-refractivity contribution >= 4 is 17.0 Å². The van der Waals surface area contributed by atoms with E-state index in [0.29, 0.717) is 24.6 Å². The number of benzene rings is 2. The van der Waals surface area contributed by atoms with Gasteiger partial charge in [-0.1, -0.05) is 16.3 Å². The number of nitrogens with zero attached hydrogens (tertiary/aromatic N) is 5. The first-order valence-corrected chi connectivity index (χ1v) is 9.50. The molecule has 0 aliphatic carbocycles. The molecule has 1 aliphatic rings. The van der Waals surface area contributed by atoms with E-state index in [9.17, 15) is 9.50 Å². The summed E-state index contributed by atoms with van der Waals surface area (Å²) in [5.41, 5.74) is 2.92. The molecule has 3 heterocycles. The minimum atomic E-state index is -1.08. The Labute approximate surface area is 171 Å². The molecule has 4 aromatic rings. The molecule has 0 bridgehead atoms. The van der Waals surface area contributed by atoms with Crippen LogP contribution in [0.15, 0.2) is 48.7 Å². The van der Waals surface area contributed by atoms with Gasteiger partial charge in [0.1, 0.15) is 24.0 Å². The highest BCUT2D eigenvalue weighted by Crippen LogP contribution is 2.26. The van der Waals surface area contributed by atoms with Crippen molar-refractivity contribution in [2.45, 2.75) is 19.2 Å². The van der Waals surface area contributed by atoms with Crippen LogP contribution in [-0.4, -0.2) is 38.7 Å². The summed E-state index contributed by atoms with van der Waals surface area (Å²) in [6.45, 7) is 2.51. The van der Waals surface area contributed by atoms with E-state index in [1.165, 1.54) is 13.2 Å². The molecule has 30 heavy (non-hydrogen) atoms. The second-order valence-electron chi connectivity index (χ2n) is 7.48. The van der Waals surface area contributed by atoms with Crippen molar-refractivity contribution in [1.82, 2.24) is 20.0 Å². The molecule has 1 aliphatic heterocycles. The van der Waals surface area contributed by atoms with Crippen LogP contribution in [0.1, 0.15) is 12.5 Å². The van der Waals surface area contributed by atoms with E-state index in [4.69, 9.17) is 4.74 Å². The van der Waals surface area contributed by atoms with E-state index in [0.717, 1.165) is 22.3 Å². The highest BCUT2D eigenvalue weighted by Gasteiger charge is 2.41. The fraction of sp³-hybridized carbons (Fsp3) is 0.238. The van der Waals surface area contributed by atoms with E-state index in [-0.39, 0.29) is 5.75 Å².